The minimum atomic E-state index is -0.103. The van der Waals surface area contributed by atoms with E-state index in [1.807, 2.05) is 0 Å². The van der Waals surface area contributed by atoms with E-state index in [-0.39, 0.29) is 17.8 Å². The maximum atomic E-state index is 12.7. The zero-order valence-electron chi connectivity index (χ0n) is 19.4. The fourth-order valence-electron chi connectivity index (χ4n) is 4.53. The second-order valence-electron chi connectivity index (χ2n) is 8.82. The van der Waals surface area contributed by atoms with E-state index < -0.39 is 0 Å². The van der Waals surface area contributed by atoms with Gasteiger partial charge in [-0.1, -0.05) is 49.3 Å². The zero-order chi connectivity index (χ0) is 23.3. The van der Waals surface area contributed by atoms with Crippen molar-refractivity contribution < 1.29 is 9.53 Å². The molecule has 4 heterocycles. The summed E-state index contributed by atoms with van der Waals surface area (Å²) in [6.45, 7) is 3.66. The van der Waals surface area contributed by atoms with Crippen LogP contribution >= 0.6 is 34.4 Å². The average molecular weight is 519 g/mol. The maximum Gasteiger partial charge on any atom is 0.236 e. The summed E-state index contributed by atoms with van der Waals surface area (Å²) in [7, 11) is 0. The molecular formula is C23H30N6O2S3. The van der Waals surface area contributed by atoms with E-state index in [1.165, 1.54) is 60.1 Å². The molecule has 3 aromatic rings. The first kappa shape index (κ1) is 23.9. The Bertz CT molecular complexity index is 1100. The van der Waals surface area contributed by atoms with Gasteiger partial charge in [0.05, 0.1) is 18.4 Å². The van der Waals surface area contributed by atoms with E-state index in [0.29, 0.717) is 17.6 Å². The first-order chi connectivity index (χ1) is 16.7. The van der Waals surface area contributed by atoms with Crippen molar-refractivity contribution in [2.24, 2.45) is 0 Å². The quantitative estimate of drug-likeness (QED) is 0.380. The highest BCUT2D eigenvalue weighted by atomic mass is 32.2. The largest absolute Gasteiger partial charge is 0.376 e. The van der Waals surface area contributed by atoms with Gasteiger partial charge in [-0.3, -0.25) is 14.7 Å². The van der Waals surface area contributed by atoms with Gasteiger partial charge in [0.1, 0.15) is 5.01 Å². The summed E-state index contributed by atoms with van der Waals surface area (Å²) < 4.78 is 7.99. The van der Waals surface area contributed by atoms with Crippen molar-refractivity contribution in [2.45, 2.75) is 82.0 Å². The van der Waals surface area contributed by atoms with Gasteiger partial charge in [-0.05, 0) is 38.2 Å². The predicted octanol–water partition coefficient (Wildman–Crippen LogP) is 5.38. The minimum Gasteiger partial charge on any atom is -0.376 e. The highest BCUT2D eigenvalue weighted by Crippen LogP contribution is 2.35. The molecule has 1 saturated carbocycles. The molecule has 34 heavy (non-hydrogen) atoms. The van der Waals surface area contributed by atoms with Crippen LogP contribution in [0.4, 0.5) is 5.13 Å². The van der Waals surface area contributed by atoms with Gasteiger partial charge in [0.25, 0.3) is 0 Å². The average Bonchev–Trinajstić information content (AvgIpc) is 3.66. The molecule has 8 nitrogen and oxygen atoms in total. The molecule has 0 spiro atoms. The van der Waals surface area contributed by atoms with Crippen LogP contribution in [0.1, 0.15) is 67.7 Å². The molecule has 1 atom stereocenters. The monoisotopic (exact) mass is 518 g/mol. The van der Waals surface area contributed by atoms with Crippen LogP contribution in [-0.2, 0) is 22.5 Å². The van der Waals surface area contributed by atoms with Crippen LogP contribution in [0.15, 0.2) is 16.6 Å². The summed E-state index contributed by atoms with van der Waals surface area (Å²) in [5, 5.41) is 24.9. The van der Waals surface area contributed by atoms with Crippen LogP contribution in [0.3, 0.4) is 0 Å². The van der Waals surface area contributed by atoms with E-state index in [4.69, 9.17) is 4.74 Å². The Morgan fingerprint density at radius 1 is 1.18 bits per heavy atom. The lowest BCUT2D eigenvalue weighted by Gasteiger charge is -2.18. The van der Waals surface area contributed by atoms with E-state index >= 15 is 0 Å². The second-order valence-corrected chi connectivity index (χ2v) is 11.8. The Morgan fingerprint density at radius 2 is 2.06 bits per heavy atom. The highest BCUT2D eigenvalue weighted by Gasteiger charge is 2.24. The number of aryl methyl sites for hydroxylation is 1. The molecule has 1 aliphatic heterocycles. The molecule has 2 aliphatic rings. The van der Waals surface area contributed by atoms with Crippen LogP contribution in [-0.4, -0.2) is 49.3 Å². The summed E-state index contributed by atoms with van der Waals surface area (Å²) in [6.07, 6.45) is 9.43. The number of hydrogen-bond acceptors (Lipinski definition) is 9. The second kappa shape index (κ2) is 11.3. The van der Waals surface area contributed by atoms with Crippen molar-refractivity contribution >= 4 is 45.5 Å². The number of hydrogen-bond donors (Lipinski definition) is 1. The zero-order valence-corrected chi connectivity index (χ0v) is 21.8. The third kappa shape index (κ3) is 5.69. The first-order valence-electron chi connectivity index (χ1n) is 12.1. The molecule has 0 radical (unpaired) electrons. The van der Waals surface area contributed by atoms with Crippen molar-refractivity contribution in [2.75, 3.05) is 17.7 Å². The van der Waals surface area contributed by atoms with Gasteiger partial charge in [-0.2, -0.15) is 0 Å². The van der Waals surface area contributed by atoms with Gasteiger partial charge in [0.15, 0.2) is 11.0 Å². The first-order valence-corrected chi connectivity index (χ1v) is 14.8. The van der Waals surface area contributed by atoms with Crippen molar-refractivity contribution in [3.05, 3.63) is 21.3 Å². The topological polar surface area (TPSA) is 94.8 Å². The molecule has 1 N–H and O–H groups in total. The Kier molecular flexibility index (Phi) is 7.93. The van der Waals surface area contributed by atoms with Crippen molar-refractivity contribution in [1.82, 2.24) is 25.0 Å². The van der Waals surface area contributed by atoms with Gasteiger partial charge >= 0.3 is 0 Å². The van der Waals surface area contributed by atoms with Crippen LogP contribution in [0.5, 0.6) is 0 Å². The van der Waals surface area contributed by atoms with Crippen LogP contribution in [0.25, 0.3) is 11.4 Å². The summed E-state index contributed by atoms with van der Waals surface area (Å²) in [5.41, 5.74) is 1.08. The van der Waals surface area contributed by atoms with Crippen molar-refractivity contribution in [1.29, 1.82) is 0 Å². The lowest BCUT2D eigenvalue weighted by molar-refractivity contribution is -0.113. The Hall–Kier alpha value is -1.82. The fourth-order valence-corrected chi connectivity index (χ4v) is 7.02. The summed E-state index contributed by atoms with van der Waals surface area (Å²) >= 11 is 4.65. The summed E-state index contributed by atoms with van der Waals surface area (Å²) in [5.74, 6) is 1.47. The van der Waals surface area contributed by atoms with E-state index in [2.05, 4.69) is 48.6 Å². The smallest absolute Gasteiger partial charge is 0.236 e. The van der Waals surface area contributed by atoms with Gasteiger partial charge in [0.2, 0.25) is 11.0 Å². The lowest BCUT2D eigenvalue weighted by atomic mass is 9.90. The maximum absolute atomic E-state index is 12.7. The molecule has 11 heteroatoms. The van der Waals surface area contributed by atoms with Gasteiger partial charge in [-0.15, -0.1) is 31.7 Å². The van der Waals surface area contributed by atoms with Crippen LogP contribution in [0.2, 0.25) is 0 Å². The van der Waals surface area contributed by atoms with Gasteiger partial charge in [0, 0.05) is 28.3 Å². The lowest BCUT2D eigenvalue weighted by Crippen LogP contribution is -2.18. The Morgan fingerprint density at radius 3 is 2.82 bits per heavy atom. The number of thioether (sulfide) groups is 1. The van der Waals surface area contributed by atoms with Gasteiger partial charge < -0.3 is 4.74 Å². The van der Waals surface area contributed by atoms with E-state index in [1.54, 1.807) is 11.3 Å². The summed E-state index contributed by atoms with van der Waals surface area (Å²) in [4.78, 5) is 14.0. The molecular weight excluding hydrogens is 488 g/mol. The molecule has 182 valence electrons. The number of carbonyl (C=O) groups is 1. The number of ether oxygens (including phenoxy) is 1. The van der Waals surface area contributed by atoms with Crippen molar-refractivity contribution in [3.8, 4) is 11.4 Å². The fraction of sp³-hybridized carbons (Fsp3) is 0.609. The third-order valence-electron chi connectivity index (χ3n) is 6.36. The minimum absolute atomic E-state index is 0.103. The number of rotatable bonds is 9. The third-order valence-corrected chi connectivity index (χ3v) is 9.41. The Balaban J connectivity index is 1.24. The molecule has 1 aliphatic carbocycles. The van der Waals surface area contributed by atoms with E-state index in [9.17, 15) is 4.79 Å². The molecule has 0 aromatic carbocycles. The number of carbonyl (C=O) groups excluding carboxylic acids is 1. The number of anilines is 1. The molecule has 1 unspecified atom stereocenters. The SMILES string of the molecule is CCc1cc(-c2nnc(SCC(=O)Nc3nnc(C4CCCCC4)s3)n2CC2CCCO2)cs1. The van der Waals surface area contributed by atoms with Gasteiger partial charge in [-0.25, -0.2) is 0 Å². The number of thiophene rings is 1. The summed E-state index contributed by atoms with van der Waals surface area (Å²) in [6, 6.07) is 2.18. The number of aromatic nitrogens is 5. The van der Waals surface area contributed by atoms with Crippen LogP contribution in [0, 0.1) is 0 Å². The number of nitrogens with one attached hydrogen (secondary N) is 1. The molecule has 2 fully saturated rings. The molecule has 1 saturated heterocycles. The standard InChI is InChI=1S/C23H30N6O2S3/c1-2-18-11-16(13-32-18)20-25-28-23(29(20)12-17-9-6-10-31-17)33-14-19(30)24-22-27-26-21(34-22)15-7-4-3-5-8-15/h11,13,15,17H,2-10,12,14H2,1H3,(H,24,27,30). The van der Waals surface area contributed by atoms with Crippen LogP contribution < -0.4 is 5.32 Å². The Labute approximate surface area is 211 Å². The van der Waals surface area contributed by atoms with Crippen molar-refractivity contribution in [3.63, 3.8) is 0 Å². The van der Waals surface area contributed by atoms with E-state index in [0.717, 1.165) is 47.4 Å². The normalized spacial score (nSPS) is 19.0. The highest BCUT2D eigenvalue weighted by molar-refractivity contribution is 7.99. The number of amides is 1. The molecule has 1 amide bonds. The molecule has 3 aromatic heterocycles. The molecule has 0 bridgehead atoms. The predicted molar refractivity (Wildman–Crippen MR) is 137 cm³/mol. The number of nitrogens with zero attached hydrogens (tertiary/aromatic N) is 5. The molecule has 5 rings (SSSR count).